The summed E-state index contributed by atoms with van der Waals surface area (Å²) in [4.78, 5) is 29.0. The van der Waals surface area contributed by atoms with Crippen LogP contribution in [0.3, 0.4) is 0 Å². The number of anilines is 1. The van der Waals surface area contributed by atoms with Crippen LogP contribution in [-0.4, -0.2) is 66.4 Å². The standard InChI is InChI=1S/C23H24N4O3S.CH2O2/c1-25-13-9-17(10-14-25)20-16-27(21-7-3-11-24-23(20)21)31(29,30)19-6-2-5-18(15-19)26-12-4-8-22(26)28;2-1-3/h2-3,5-7,9,11,15-16H,4,8,10,12-14H2,1H3;1H,(H,2,3). The lowest BCUT2D eigenvalue weighted by Gasteiger charge is -2.21. The Morgan fingerprint density at radius 3 is 2.59 bits per heavy atom. The van der Waals surface area contributed by atoms with Gasteiger partial charge < -0.3 is 14.9 Å². The zero-order chi connectivity index (χ0) is 24.3. The summed E-state index contributed by atoms with van der Waals surface area (Å²) < 4.78 is 28.6. The first-order chi connectivity index (χ1) is 16.4. The zero-order valence-electron chi connectivity index (χ0n) is 18.8. The second kappa shape index (κ2) is 9.78. The minimum absolute atomic E-state index is 0.0293. The lowest BCUT2D eigenvalue weighted by atomic mass is 10.0. The Labute approximate surface area is 198 Å². The molecule has 10 heteroatoms. The maximum atomic E-state index is 13.6. The number of pyridine rings is 1. The number of hydrogen-bond acceptors (Lipinski definition) is 6. The fourth-order valence-corrected chi connectivity index (χ4v) is 5.72. The molecule has 5 rings (SSSR count). The van der Waals surface area contributed by atoms with E-state index in [9.17, 15) is 13.2 Å². The lowest BCUT2D eigenvalue weighted by Crippen LogP contribution is -2.24. The highest BCUT2D eigenvalue weighted by Gasteiger charge is 2.26. The van der Waals surface area contributed by atoms with E-state index < -0.39 is 10.0 Å². The van der Waals surface area contributed by atoms with Crippen molar-refractivity contribution in [1.29, 1.82) is 0 Å². The van der Waals surface area contributed by atoms with Gasteiger partial charge in [0.1, 0.15) is 0 Å². The Bertz CT molecular complexity index is 1360. The third-order valence-corrected chi connectivity index (χ3v) is 7.71. The third-order valence-electron chi connectivity index (χ3n) is 6.04. The molecule has 1 amide bonds. The smallest absolute Gasteiger partial charge is 0.290 e. The second-order valence-electron chi connectivity index (χ2n) is 8.21. The maximum absolute atomic E-state index is 13.6. The minimum atomic E-state index is -3.86. The summed E-state index contributed by atoms with van der Waals surface area (Å²) in [6.07, 6.45) is 7.66. The van der Waals surface area contributed by atoms with Gasteiger partial charge >= 0.3 is 0 Å². The molecule has 1 N–H and O–H groups in total. The van der Waals surface area contributed by atoms with Crippen molar-refractivity contribution in [2.24, 2.45) is 0 Å². The number of amides is 1. The van der Waals surface area contributed by atoms with E-state index in [0.717, 1.165) is 37.1 Å². The highest BCUT2D eigenvalue weighted by molar-refractivity contribution is 7.90. The van der Waals surface area contributed by atoms with Gasteiger partial charge in [-0.1, -0.05) is 12.1 Å². The number of aromatic nitrogens is 2. The van der Waals surface area contributed by atoms with Crippen LogP contribution in [0.1, 0.15) is 24.8 Å². The molecule has 0 unspecified atom stereocenters. The van der Waals surface area contributed by atoms with Crippen LogP contribution < -0.4 is 4.90 Å². The van der Waals surface area contributed by atoms with Crippen LogP contribution in [-0.2, 0) is 19.6 Å². The molecule has 0 bridgehead atoms. The molecule has 0 aliphatic carbocycles. The first-order valence-electron chi connectivity index (χ1n) is 10.9. The van der Waals surface area contributed by atoms with Crippen LogP contribution >= 0.6 is 0 Å². The van der Waals surface area contributed by atoms with Crippen molar-refractivity contribution in [3.8, 4) is 0 Å². The molecule has 178 valence electrons. The quantitative estimate of drug-likeness (QED) is 0.569. The Morgan fingerprint density at radius 2 is 1.91 bits per heavy atom. The largest absolute Gasteiger partial charge is 0.483 e. The number of carbonyl (C=O) groups is 2. The van der Waals surface area contributed by atoms with E-state index >= 15 is 0 Å². The van der Waals surface area contributed by atoms with Gasteiger partial charge in [-0.2, -0.15) is 0 Å². The van der Waals surface area contributed by atoms with Crippen molar-refractivity contribution < 1.29 is 23.1 Å². The van der Waals surface area contributed by atoms with Crippen LogP contribution in [0.2, 0.25) is 0 Å². The second-order valence-corrected chi connectivity index (χ2v) is 10.0. The molecule has 0 atom stereocenters. The van der Waals surface area contributed by atoms with Crippen molar-refractivity contribution in [3.63, 3.8) is 0 Å². The van der Waals surface area contributed by atoms with Gasteiger partial charge in [-0.3, -0.25) is 14.6 Å². The summed E-state index contributed by atoms with van der Waals surface area (Å²) in [7, 11) is -1.80. The van der Waals surface area contributed by atoms with Crippen LogP contribution in [0.15, 0.2) is 59.8 Å². The highest BCUT2D eigenvalue weighted by atomic mass is 32.2. The summed E-state index contributed by atoms with van der Waals surface area (Å²) >= 11 is 0. The molecule has 0 radical (unpaired) electrons. The van der Waals surface area contributed by atoms with Gasteiger partial charge in [0.15, 0.2) is 0 Å². The van der Waals surface area contributed by atoms with Crippen molar-refractivity contribution in [2.45, 2.75) is 24.2 Å². The summed E-state index contributed by atoms with van der Waals surface area (Å²) in [5.41, 5.74) is 3.84. The zero-order valence-corrected chi connectivity index (χ0v) is 19.6. The molecule has 2 aromatic heterocycles. The first kappa shape index (κ1) is 23.7. The summed E-state index contributed by atoms with van der Waals surface area (Å²) in [5, 5.41) is 6.89. The summed E-state index contributed by atoms with van der Waals surface area (Å²) in [5.74, 6) is 0.0293. The number of hydrogen-bond donors (Lipinski definition) is 1. The Hall–Kier alpha value is -3.50. The monoisotopic (exact) mass is 482 g/mol. The van der Waals surface area contributed by atoms with E-state index in [1.807, 2.05) is 0 Å². The lowest BCUT2D eigenvalue weighted by molar-refractivity contribution is -0.123. The first-order valence-corrected chi connectivity index (χ1v) is 12.4. The molecular weight excluding hydrogens is 456 g/mol. The fourth-order valence-electron chi connectivity index (χ4n) is 4.33. The van der Waals surface area contributed by atoms with Crippen molar-refractivity contribution in [3.05, 3.63) is 60.4 Å². The molecule has 4 heterocycles. The van der Waals surface area contributed by atoms with Gasteiger partial charge in [-0.15, -0.1) is 0 Å². The normalized spacial score (nSPS) is 16.8. The van der Waals surface area contributed by atoms with E-state index in [1.165, 1.54) is 3.97 Å². The maximum Gasteiger partial charge on any atom is 0.290 e. The van der Waals surface area contributed by atoms with Gasteiger partial charge in [0, 0.05) is 49.7 Å². The fraction of sp³-hybridized carbons (Fsp3) is 0.292. The molecule has 1 fully saturated rings. The Morgan fingerprint density at radius 1 is 1.12 bits per heavy atom. The molecule has 9 nitrogen and oxygen atoms in total. The van der Waals surface area contributed by atoms with Crippen molar-refractivity contribution in [2.75, 3.05) is 31.6 Å². The van der Waals surface area contributed by atoms with Gasteiger partial charge in [0.2, 0.25) is 5.91 Å². The number of nitrogens with zero attached hydrogens (tertiary/aromatic N) is 4. The summed E-state index contributed by atoms with van der Waals surface area (Å²) in [6, 6.07) is 10.2. The van der Waals surface area contributed by atoms with Crippen LogP contribution in [0.5, 0.6) is 0 Å². The number of benzene rings is 1. The molecule has 1 aromatic carbocycles. The number of fused-ring (bicyclic) bond motifs is 1. The van der Waals surface area contributed by atoms with Crippen molar-refractivity contribution in [1.82, 2.24) is 13.9 Å². The molecule has 0 saturated carbocycles. The molecule has 1 saturated heterocycles. The Kier molecular flexibility index (Phi) is 6.80. The van der Waals surface area contributed by atoms with E-state index in [1.54, 1.807) is 53.7 Å². The molecule has 3 aromatic rings. The molecular formula is C24H26N4O5S. The van der Waals surface area contributed by atoms with Crippen LogP contribution in [0, 0.1) is 0 Å². The van der Waals surface area contributed by atoms with Gasteiger partial charge in [-0.05, 0) is 55.8 Å². The summed E-state index contributed by atoms with van der Waals surface area (Å²) in [6.45, 7) is 2.11. The molecule has 2 aliphatic heterocycles. The van der Waals surface area contributed by atoms with Crippen molar-refractivity contribution >= 4 is 44.7 Å². The van der Waals surface area contributed by atoms with E-state index in [0.29, 0.717) is 29.7 Å². The number of carbonyl (C=O) groups excluding carboxylic acids is 1. The number of likely N-dealkylation sites (N-methyl/N-ethyl adjacent to an activating group) is 1. The predicted molar refractivity (Wildman–Crippen MR) is 129 cm³/mol. The number of rotatable bonds is 4. The highest BCUT2D eigenvalue weighted by Crippen LogP contribution is 2.32. The van der Waals surface area contributed by atoms with E-state index in [4.69, 9.17) is 9.90 Å². The molecule has 34 heavy (non-hydrogen) atoms. The van der Waals surface area contributed by atoms with Crippen LogP contribution in [0.4, 0.5) is 5.69 Å². The van der Waals surface area contributed by atoms with Gasteiger partial charge in [0.05, 0.1) is 15.9 Å². The van der Waals surface area contributed by atoms with Gasteiger partial charge in [-0.25, -0.2) is 12.4 Å². The number of carboxylic acid groups (broad SMARTS) is 1. The SMILES string of the molecule is CN1CC=C(c2cn(S(=O)(=O)c3cccc(N4CCCC4=O)c3)c3cccnc23)CC1.O=CO. The average molecular weight is 483 g/mol. The minimum Gasteiger partial charge on any atom is -0.483 e. The third kappa shape index (κ3) is 4.46. The Balaban J connectivity index is 0.000000868. The van der Waals surface area contributed by atoms with E-state index in [-0.39, 0.29) is 17.3 Å². The van der Waals surface area contributed by atoms with E-state index in [2.05, 4.69) is 23.0 Å². The van der Waals surface area contributed by atoms with Gasteiger partial charge in [0.25, 0.3) is 16.5 Å². The average Bonchev–Trinajstić information content (AvgIpc) is 3.44. The van der Waals surface area contributed by atoms with Crippen LogP contribution in [0.25, 0.3) is 16.6 Å². The topological polar surface area (TPSA) is 113 Å². The molecule has 0 spiro atoms. The predicted octanol–water partition coefficient (Wildman–Crippen LogP) is 2.82. The molecule has 2 aliphatic rings.